The minimum absolute atomic E-state index is 0.0435. The number of carbonyl (C=O) groups excluding carboxylic acids is 1. The van der Waals surface area contributed by atoms with Gasteiger partial charge in [-0.1, -0.05) is 36.6 Å². The second-order valence-corrected chi connectivity index (χ2v) is 10.2. The molecule has 2 aliphatic rings. The predicted octanol–water partition coefficient (Wildman–Crippen LogP) is 3.44. The highest BCUT2D eigenvalue weighted by molar-refractivity contribution is 7.90. The molecule has 0 unspecified atom stereocenters. The van der Waals surface area contributed by atoms with Crippen LogP contribution in [0.3, 0.4) is 0 Å². The van der Waals surface area contributed by atoms with E-state index in [1.807, 2.05) is 24.3 Å². The second kappa shape index (κ2) is 6.34. The SMILES string of the molecule is CS(=O)(=O)CC1(CC(=O)NC2(c3cccc(Cl)c3)CCCC2)CC1. The van der Waals surface area contributed by atoms with Crippen molar-refractivity contribution in [1.29, 1.82) is 0 Å². The van der Waals surface area contributed by atoms with Crippen LogP contribution in [-0.4, -0.2) is 26.3 Å². The molecule has 0 bridgehead atoms. The van der Waals surface area contributed by atoms with Gasteiger partial charge in [-0.3, -0.25) is 4.79 Å². The maximum absolute atomic E-state index is 12.7. The third-order valence-corrected chi connectivity index (χ3v) is 6.65. The van der Waals surface area contributed by atoms with Crippen LogP contribution >= 0.6 is 11.6 Å². The number of hydrogen-bond donors (Lipinski definition) is 1. The highest BCUT2D eigenvalue weighted by atomic mass is 35.5. The number of nitrogens with one attached hydrogen (secondary N) is 1. The molecule has 2 aliphatic carbocycles. The Hall–Kier alpha value is -1.07. The van der Waals surface area contributed by atoms with E-state index in [4.69, 9.17) is 11.6 Å². The second-order valence-electron chi connectivity index (χ2n) is 7.59. The Labute approximate surface area is 148 Å². The smallest absolute Gasteiger partial charge is 0.221 e. The Kier molecular flexibility index (Phi) is 4.69. The maximum atomic E-state index is 12.7. The zero-order valence-electron chi connectivity index (χ0n) is 14.0. The molecule has 0 spiro atoms. The lowest BCUT2D eigenvalue weighted by atomic mass is 9.87. The third-order valence-electron chi connectivity index (χ3n) is 5.27. The quantitative estimate of drug-likeness (QED) is 0.835. The van der Waals surface area contributed by atoms with Gasteiger partial charge in [-0.15, -0.1) is 0 Å². The summed E-state index contributed by atoms with van der Waals surface area (Å²) in [6.07, 6.45) is 7.12. The van der Waals surface area contributed by atoms with Gasteiger partial charge >= 0.3 is 0 Å². The average molecular weight is 370 g/mol. The van der Waals surface area contributed by atoms with Gasteiger partial charge in [0.15, 0.2) is 0 Å². The fourth-order valence-corrected chi connectivity index (χ4v) is 5.70. The van der Waals surface area contributed by atoms with Crippen molar-refractivity contribution in [2.24, 2.45) is 5.41 Å². The molecule has 1 aromatic carbocycles. The number of amides is 1. The van der Waals surface area contributed by atoms with E-state index in [2.05, 4.69) is 5.32 Å². The summed E-state index contributed by atoms with van der Waals surface area (Å²) in [5.41, 5.74) is 0.350. The molecule has 0 radical (unpaired) electrons. The van der Waals surface area contributed by atoms with Crippen molar-refractivity contribution in [3.05, 3.63) is 34.9 Å². The number of halogens is 1. The summed E-state index contributed by atoms with van der Waals surface area (Å²) in [5, 5.41) is 3.90. The lowest BCUT2D eigenvalue weighted by Crippen LogP contribution is -2.44. The van der Waals surface area contributed by atoms with E-state index in [1.165, 1.54) is 6.26 Å². The molecule has 0 atom stereocenters. The fourth-order valence-electron chi connectivity index (χ4n) is 4.01. The lowest BCUT2D eigenvalue weighted by Gasteiger charge is -2.32. The van der Waals surface area contributed by atoms with Gasteiger partial charge in [-0.2, -0.15) is 0 Å². The van der Waals surface area contributed by atoms with Crippen LogP contribution in [0.25, 0.3) is 0 Å². The first-order chi connectivity index (χ1) is 11.2. The van der Waals surface area contributed by atoms with Crippen LogP contribution < -0.4 is 5.32 Å². The molecule has 2 saturated carbocycles. The van der Waals surface area contributed by atoms with Gasteiger partial charge in [0, 0.05) is 17.7 Å². The van der Waals surface area contributed by atoms with Crippen LogP contribution in [0.2, 0.25) is 5.02 Å². The number of rotatable bonds is 6. The summed E-state index contributed by atoms with van der Waals surface area (Å²) in [7, 11) is -3.06. The fraction of sp³-hybridized carbons (Fsp3) is 0.611. The average Bonchev–Trinajstić information content (AvgIpc) is 3.02. The molecule has 2 fully saturated rings. The summed E-state index contributed by atoms with van der Waals surface area (Å²) >= 11 is 6.13. The van der Waals surface area contributed by atoms with E-state index >= 15 is 0 Å². The summed E-state index contributed by atoms with van der Waals surface area (Å²) in [6.45, 7) is 0. The monoisotopic (exact) mass is 369 g/mol. The lowest BCUT2D eigenvalue weighted by molar-refractivity contribution is -0.124. The molecule has 0 aromatic heterocycles. The van der Waals surface area contributed by atoms with Crippen LogP contribution in [0.15, 0.2) is 24.3 Å². The molecule has 1 N–H and O–H groups in total. The Morgan fingerprint density at radius 1 is 1.21 bits per heavy atom. The highest BCUT2D eigenvalue weighted by Crippen LogP contribution is 2.50. The van der Waals surface area contributed by atoms with E-state index in [0.29, 0.717) is 11.4 Å². The van der Waals surface area contributed by atoms with Crippen molar-refractivity contribution < 1.29 is 13.2 Å². The van der Waals surface area contributed by atoms with Crippen molar-refractivity contribution >= 4 is 27.3 Å². The van der Waals surface area contributed by atoms with Crippen molar-refractivity contribution in [2.45, 2.75) is 50.5 Å². The summed E-state index contributed by atoms with van der Waals surface area (Å²) in [4.78, 5) is 12.7. The van der Waals surface area contributed by atoms with Crippen molar-refractivity contribution in [3.63, 3.8) is 0 Å². The summed E-state index contributed by atoms with van der Waals surface area (Å²) in [5.74, 6) is 0.0652. The van der Waals surface area contributed by atoms with Gasteiger partial charge < -0.3 is 5.32 Å². The molecule has 1 amide bonds. The van der Waals surface area contributed by atoms with E-state index in [9.17, 15) is 13.2 Å². The van der Waals surface area contributed by atoms with Crippen LogP contribution in [0, 0.1) is 5.41 Å². The predicted molar refractivity (Wildman–Crippen MR) is 95.7 cm³/mol. The molecular weight excluding hydrogens is 346 g/mol. The molecule has 132 valence electrons. The normalized spacial score (nSPS) is 21.4. The molecule has 6 heteroatoms. The zero-order valence-corrected chi connectivity index (χ0v) is 15.5. The van der Waals surface area contributed by atoms with Crippen LogP contribution in [0.5, 0.6) is 0 Å². The Bertz CT molecular complexity index is 734. The van der Waals surface area contributed by atoms with Gasteiger partial charge in [-0.25, -0.2) is 8.42 Å². The Morgan fingerprint density at radius 3 is 2.42 bits per heavy atom. The molecule has 1 aromatic rings. The Morgan fingerprint density at radius 2 is 1.88 bits per heavy atom. The number of benzene rings is 1. The van der Waals surface area contributed by atoms with E-state index < -0.39 is 9.84 Å². The van der Waals surface area contributed by atoms with Crippen LogP contribution in [0.1, 0.15) is 50.5 Å². The van der Waals surface area contributed by atoms with Gasteiger partial charge in [0.25, 0.3) is 0 Å². The number of sulfone groups is 1. The van der Waals surface area contributed by atoms with Crippen LogP contribution in [0.4, 0.5) is 0 Å². The molecule has 24 heavy (non-hydrogen) atoms. The largest absolute Gasteiger partial charge is 0.347 e. The molecule has 0 heterocycles. The molecule has 3 rings (SSSR count). The topological polar surface area (TPSA) is 63.2 Å². The zero-order chi connectivity index (χ0) is 17.4. The van der Waals surface area contributed by atoms with Gasteiger partial charge in [0.05, 0.1) is 11.3 Å². The molecule has 4 nitrogen and oxygen atoms in total. The summed E-state index contributed by atoms with van der Waals surface area (Å²) in [6, 6.07) is 7.69. The van der Waals surface area contributed by atoms with Crippen molar-refractivity contribution in [3.8, 4) is 0 Å². The van der Waals surface area contributed by atoms with Crippen LogP contribution in [-0.2, 0) is 20.2 Å². The number of carbonyl (C=O) groups is 1. The number of hydrogen-bond acceptors (Lipinski definition) is 3. The third kappa shape index (κ3) is 4.12. The molecule has 0 aliphatic heterocycles. The van der Waals surface area contributed by atoms with E-state index in [-0.39, 0.29) is 22.6 Å². The minimum Gasteiger partial charge on any atom is -0.347 e. The van der Waals surface area contributed by atoms with Crippen molar-refractivity contribution in [1.82, 2.24) is 5.32 Å². The standard InChI is InChI=1S/C18H24ClNO3S/c1-24(22,23)13-17(9-10-17)12-16(21)20-18(7-2-3-8-18)14-5-4-6-15(19)11-14/h4-6,11H,2-3,7-10,12-13H2,1H3,(H,20,21). The molecule has 0 saturated heterocycles. The van der Waals surface area contributed by atoms with Gasteiger partial charge in [0.2, 0.25) is 5.91 Å². The van der Waals surface area contributed by atoms with Crippen molar-refractivity contribution in [2.75, 3.05) is 12.0 Å². The van der Waals surface area contributed by atoms with Gasteiger partial charge in [-0.05, 0) is 48.8 Å². The van der Waals surface area contributed by atoms with Gasteiger partial charge in [0.1, 0.15) is 9.84 Å². The first-order valence-electron chi connectivity index (χ1n) is 8.47. The first-order valence-corrected chi connectivity index (χ1v) is 10.9. The highest BCUT2D eigenvalue weighted by Gasteiger charge is 2.48. The van der Waals surface area contributed by atoms with E-state index in [0.717, 1.165) is 44.1 Å². The van der Waals surface area contributed by atoms with E-state index in [1.54, 1.807) is 0 Å². The molecular formula is C18H24ClNO3S. The minimum atomic E-state index is -3.06. The summed E-state index contributed by atoms with van der Waals surface area (Å²) < 4.78 is 23.2. The first kappa shape index (κ1) is 17.7. The maximum Gasteiger partial charge on any atom is 0.221 e. The Balaban J connectivity index is 1.74.